The van der Waals surface area contributed by atoms with E-state index in [1.54, 1.807) is 12.1 Å². The number of aromatic amines is 1. The number of hydrogen-bond donors (Lipinski definition) is 2. The Hall–Kier alpha value is -2.85. The summed E-state index contributed by atoms with van der Waals surface area (Å²) in [5, 5.41) is 10.3. The number of rotatable bonds is 4. The Labute approximate surface area is 155 Å². The molecule has 26 heavy (non-hydrogen) atoms. The molecule has 4 aromatic rings. The lowest BCUT2D eigenvalue weighted by Crippen LogP contribution is -1.94. The standard InChI is InChI=1S/C22H19NO2S/c1-13(2)17-5-3-4-16-12-20(26-21(16)17)19-11-10-18(23-19)14-6-8-15(9-7-14)22(24)25/h3-13,23H,1-2H3,(H,24,25). The second-order valence-electron chi connectivity index (χ2n) is 6.70. The van der Waals surface area contributed by atoms with Crippen molar-refractivity contribution in [1.29, 1.82) is 0 Å². The molecule has 0 fully saturated rings. The second kappa shape index (κ2) is 6.46. The molecule has 4 rings (SSSR count). The van der Waals surface area contributed by atoms with Crippen LogP contribution in [0.25, 0.3) is 31.9 Å². The van der Waals surface area contributed by atoms with E-state index < -0.39 is 5.97 Å². The molecule has 0 radical (unpaired) electrons. The summed E-state index contributed by atoms with van der Waals surface area (Å²) in [6, 6.07) is 19.8. The Balaban J connectivity index is 1.71. The molecule has 4 heteroatoms. The molecular weight excluding hydrogens is 342 g/mol. The monoisotopic (exact) mass is 361 g/mol. The van der Waals surface area contributed by atoms with Crippen LogP contribution >= 0.6 is 11.3 Å². The van der Waals surface area contributed by atoms with Crippen LogP contribution in [0.5, 0.6) is 0 Å². The van der Waals surface area contributed by atoms with Crippen molar-refractivity contribution in [2.24, 2.45) is 0 Å². The van der Waals surface area contributed by atoms with Gasteiger partial charge in [0.2, 0.25) is 0 Å². The number of fused-ring (bicyclic) bond motifs is 1. The van der Waals surface area contributed by atoms with Crippen molar-refractivity contribution in [3.63, 3.8) is 0 Å². The number of aromatic carboxylic acids is 1. The number of aromatic nitrogens is 1. The van der Waals surface area contributed by atoms with Gasteiger partial charge in [0.05, 0.1) is 16.1 Å². The van der Waals surface area contributed by atoms with Gasteiger partial charge < -0.3 is 10.1 Å². The Morgan fingerprint density at radius 1 is 1.00 bits per heavy atom. The first-order valence-electron chi connectivity index (χ1n) is 8.58. The summed E-state index contributed by atoms with van der Waals surface area (Å²) in [6.45, 7) is 4.45. The summed E-state index contributed by atoms with van der Waals surface area (Å²) in [4.78, 5) is 15.7. The van der Waals surface area contributed by atoms with E-state index in [9.17, 15) is 4.79 Å². The first-order chi connectivity index (χ1) is 12.5. The maximum atomic E-state index is 11.0. The smallest absolute Gasteiger partial charge is 0.335 e. The first kappa shape index (κ1) is 16.6. The Bertz CT molecular complexity index is 1090. The van der Waals surface area contributed by atoms with E-state index in [-0.39, 0.29) is 0 Å². The molecule has 2 aromatic heterocycles. The van der Waals surface area contributed by atoms with Crippen molar-refractivity contribution in [3.05, 3.63) is 71.8 Å². The fourth-order valence-electron chi connectivity index (χ4n) is 3.17. The molecule has 2 heterocycles. The van der Waals surface area contributed by atoms with Gasteiger partial charge in [0.1, 0.15) is 0 Å². The zero-order chi connectivity index (χ0) is 18.3. The summed E-state index contributed by atoms with van der Waals surface area (Å²) in [5.41, 5.74) is 4.72. The molecule has 130 valence electrons. The molecule has 0 bridgehead atoms. The maximum Gasteiger partial charge on any atom is 0.335 e. The SMILES string of the molecule is CC(C)c1cccc2cc(-c3ccc(-c4ccc(C(=O)O)cc4)[nH]3)sc12. The number of carbonyl (C=O) groups is 1. The van der Waals surface area contributed by atoms with E-state index >= 15 is 0 Å². The third-order valence-electron chi connectivity index (χ3n) is 4.59. The molecule has 2 N–H and O–H groups in total. The van der Waals surface area contributed by atoms with Gasteiger partial charge >= 0.3 is 5.97 Å². The molecule has 0 atom stereocenters. The van der Waals surface area contributed by atoms with Gasteiger partial charge in [-0.15, -0.1) is 11.3 Å². The Kier molecular flexibility index (Phi) is 4.13. The number of nitrogens with one attached hydrogen (secondary N) is 1. The Morgan fingerprint density at radius 3 is 2.42 bits per heavy atom. The molecule has 0 spiro atoms. The fourth-order valence-corrected chi connectivity index (χ4v) is 4.47. The normalized spacial score (nSPS) is 11.3. The largest absolute Gasteiger partial charge is 0.478 e. The van der Waals surface area contributed by atoms with Crippen molar-refractivity contribution in [2.75, 3.05) is 0 Å². The quantitative estimate of drug-likeness (QED) is 0.443. The summed E-state index contributed by atoms with van der Waals surface area (Å²) < 4.78 is 1.35. The lowest BCUT2D eigenvalue weighted by Gasteiger charge is -2.05. The fraction of sp³-hybridized carbons (Fsp3) is 0.136. The second-order valence-corrected chi connectivity index (χ2v) is 7.75. The van der Waals surface area contributed by atoms with E-state index in [1.807, 2.05) is 29.5 Å². The average Bonchev–Trinajstić information content (AvgIpc) is 3.28. The first-order valence-corrected chi connectivity index (χ1v) is 9.40. The molecule has 0 unspecified atom stereocenters. The maximum absolute atomic E-state index is 11.0. The van der Waals surface area contributed by atoms with Crippen LogP contribution in [-0.2, 0) is 0 Å². The highest BCUT2D eigenvalue weighted by Gasteiger charge is 2.12. The number of carboxylic acids is 1. The van der Waals surface area contributed by atoms with Crippen LogP contribution in [0.3, 0.4) is 0 Å². The minimum atomic E-state index is -0.907. The van der Waals surface area contributed by atoms with Crippen molar-refractivity contribution < 1.29 is 9.90 Å². The van der Waals surface area contributed by atoms with E-state index in [1.165, 1.54) is 20.5 Å². The van der Waals surface area contributed by atoms with Crippen LogP contribution in [0, 0.1) is 0 Å². The number of carboxylic acid groups (broad SMARTS) is 1. The minimum Gasteiger partial charge on any atom is -0.478 e. The third kappa shape index (κ3) is 2.93. The molecule has 0 amide bonds. The van der Waals surface area contributed by atoms with Gasteiger partial charge in [-0.05, 0) is 52.8 Å². The lowest BCUT2D eigenvalue weighted by molar-refractivity contribution is 0.0697. The zero-order valence-electron chi connectivity index (χ0n) is 14.6. The molecule has 0 aliphatic rings. The number of H-pyrrole nitrogens is 1. The lowest BCUT2D eigenvalue weighted by atomic mass is 10.0. The van der Waals surface area contributed by atoms with Crippen LogP contribution < -0.4 is 0 Å². The van der Waals surface area contributed by atoms with Gasteiger partial charge in [-0.1, -0.05) is 44.2 Å². The summed E-state index contributed by atoms with van der Waals surface area (Å²) in [6.07, 6.45) is 0. The summed E-state index contributed by atoms with van der Waals surface area (Å²) in [7, 11) is 0. The molecule has 2 aromatic carbocycles. The van der Waals surface area contributed by atoms with E-state index in [0.717, 1.165) is 17.0 Å². The van der Waals surface area contributed by atoms with Crippen LogP contribution in [0.15, 0.2) is 60.7 Å². The summed E-state index contributed by atoms with van der Waals surface area (Å²) in [5.74, 6) is -0.410. The molecule has 0 saturated carbocycles. The van der Waals surface area contributed by atoms with Gasteiger partial charge in [0.15, 0.2) is 0 Å². The predicted octanol–water partition coefficient (Wildman–Crippen LogP) is 6.39. The highest BCUT2D eigenvalue weighted by atomic mass is 32.1. The molecular formula is C22H19NO2S. The molecule has 0 aliphatic carbocycles. The van der Waals surface area contributed by atoms with Crippen molar-refractivity contribution in [1.82, 2.24) is 4.98 Å². The summed E-state index contributed by atoms with van der Waals surface area (Å²) >= 11 is 1.81. The highest BCUT2D eigenvalue weighted by molar-refractivity contribution is 7.22. The van der Waals surface area contributed by atoms with E-state index in [2.05, 4.69) is 49.2 Å². The number of benzene rings is 2. The number of hydrogen-bond acceptors (Lipinski definition) is 2. The molecule has 3 nitrogen and oxygen atoms in total. The van der Waals surface area contributed by atoms with E-state index in [4.69, 9.17) is 5.11 Å². The predicted molar refractivity (Wildman–Crippen MR) is 108 cm³/mol. The van der Waals surface area contributed by atoms with Crippen LogP contribution in [0.4, 0.5) is 0 Å². The van der Waals surface area contributed by atoms with Crippen LogP contribution in [-0.4, -0.2) is 16.1 Å². The van der Waals surface area contributed by atoms with Crippen LogP contribution in [0.2, 0.25) is 0 Å². The number of thiophene rings is 1. The van der Waals surface area contributed by atoms with E-state index in [0.29, 0.717) is 11.5 Å². The third-order valence-corrected chi connectivity index (χ3v) is 5.82. The highest BCUT2D eigenvalue weighted by Crippen LogP contribution is 2.38. The molecule has 0 aliphatic heterocycles. The topological polar surface area (TPSA) is 53.1 Å². The van der Waals surface area contributed by atoms with Gasteiger partial charge in [-0.2, -0.15) is 0 Å². The van der Waals surface area contributed by atoms with Gasteiger partial charge in [0.25, 0.3) is 0 Å². The molecule has 0 saturated heterocycles. The van der Waals surface area contributed by atoms with Crippen LogP contribution in [0.1, 0.15) is 35.7 Å². The Morgan fingerprint density at radius 2 is 1.73 bits per heavy atom. The van der Waals surface area contributed by atoms with Gasteiger partial charge in [0, 0.05) is 10.4 Å². The van der Waals surface area contributed by atoms with Gasteiger partial charge in [-0.3, -0.25) is 0 Å². The average molecular weight is 361 g/mol. The van der Waals surface area contributed by atoms with Crippen molar-refractivity contribution >= 4 is 27.4 Å². The zero-order valence-corrected chi connectivity index (χ0v) is 15.4. The van der Waals surface area contributed by atoms with Gasteiger partial charge in [-0.25, -0.2) is 4.79 Å². The minimum absolute atomic E-state index is 0.297. The van der Waals surface area contributed by atoms with Crippen molar-refractivity contribution in [3.8, 4) is 21.8 Å². The van der Waals surface area contributed by atoms with Crippen molar-refractivity contribution in [2.45, 2.75) is 19.8 Å².